The van der Waals surface area contributed by atoms with Crippen LogP contribution in [-0.4, -0.2) is 6.47 Å². The van der Waals surface area contributed by atoms with Gasteiger partial charge in [0.2, 0.25) is 0 Å². The Bertz CT molecular complexity index is 115. The van der Waals surface area contributed by atoms with E-state index in [0.717, 1.165) is 0 Å². The summed E-state index contributed by atoms with van der Waals surface area (Å²) in [6.07, 6.45) is 0. The van der Waals surface area contributed by atoms with E-state index in [1.165, 1.54) is 6.92 Å². The molecule has 0 aromatic heterocycles. The standard InChI is InChI=1S/C4H4Cl2O2/c1-3(4(5)6)8-2-7/h2H,1H3. The monoisotopic (exact) mass is 154 g/mol. The van der Waals surface area contributed by atoms with Gasteiger partial charge in [0.1, 0.15) is 10.3 Å². The van der Waals surface area contributed by atoms with E-state index in [4.69, 9.17) is 23.2 Å². The minimum absolute atomic E-state index is 0.0305. The van der Waals surface area contributed by atoms with Crippen molar-refractivity contribution in [3.63, 3.8) is 0 Å². The van der Waals surface area contributed by atoms with Crippen molar-refractivity contribution in [1.82, 2.24) is 0 Å². The smallest absolute Gasteiger partial charge is 0.298 e. The van der Waals surface area contributed by atoms with Crippen molar-refractivity contribution in [3.8, 4) is 0 Å². The number of halogens is 2. The molecule has 46 valence electrons. The maximum atomic E-state index is 9.55. The van der Waals surface area contributed by atoms with Crippen molar-refractivity contribution >= 4 is 29.7 Å². The SMILES string of the molecule is CC(OC=O)=C(Cl)Cl. The van der Waals surface area contributed by atoms with E-state index in [1.807, 2.05) is 0 Å². The van der Waals surface area contributed by atoms with Gasteiger partial charge in [-0.25, -0.2) is 0 Å². The molecule has 0 saturated heterocycles. The molecule has 0 heterocycles. The van der Waals surface area contributed by atoms with Gasteiger partial charge in [0.05, 0.1) is 0 Å². The molecule has 0 saturated carbocycles. The zero-order valence-electron chi connectivity index (χ0n) is 4.15. The summed E-state index contributed by atoms with van der Waals surface area (Å²) in [7, 11) is 0. The highest BCUT2D eigenvalue weighted by Gasteiger charge is 1.92. The molecular formula is C4H4Cl2O2. The van der Waals surface area contributed by atoms with Crippen LogP contribution < -0.4 is 0 Å². The Labute approximate surface area is 57.0 Å². The molecule has 0 rings (SSSR count). The van der Waals surface area contributed by atoms with Crippen LogP contribution in [0.5, 0.6) is 0 Å². The Morgan fingerprint density at radius 1 is 1.62 bits per heavy atom. The van der Waals surface area contributed by atoms with Crippen molar-refractivity contribution in [2.24, 2.45) is 0 Å². The first-order valence-corrected chi connectivity index (χ1v) is 2.56. The van der Waals surface area contributed by atoms with Gasteiger partial charge in [-0.1, -0.05) is 23.2 Å². The van der Waals surface area contributed by atoms with Crippen LogP contribution in [0.15, 0.2) is 10.3 Å². The summed E-state index contributed by atoms with van der Waals surface area (Å²) < 4.78 is 4.21. The van der Waals surface area contributed by atoms with Crippen LogP contribution >= 0.6 is 23.2 Å². The minimum atomic E-state index is -0.0305. The van der Waals surface area contributed by atoms with Crippen molar-refractivity contribution in [3.05, 3.63) is 10.3 Å². The lowest BCUT2D eigenvalue weighted by Crippen LogP contribution is -1.82. The number of ether oxygens (including phenoxy) is 1. The van der Waals surface area contributed by atoms with Gasteiger partial charge in [-0.05, 0) is 6.92 Å². The number of hydrogen-bond donors (Lipinski definition) is 0. The molecule has 8 heavy (non-hydrogen) atoms. The van der Waals surface area contributed by atoms with Gasteiger partial charge in [-0.3, -0.25) is 4.79 Å². The summed E-state index contributed by atoms with van der Waals surface area (Å²) >= 11 is 10.3. The van der Waals surface area contributed by atoms with Crippen LogP contribution in [0.25, 0.3) is 0 Å². The molecule has 0 atom stereocenters. The third-order valence-corrected chi connectivity index (χ3v) is 1.02. The molecule has 2 nitrogen and oxygen atoms in total. The summed E-state index contributed by atoms with van der Waals surface area (Å²) in [4.78, 5) is 9.55. The highest BCUT2D eigenvalue weighted by atomic mass is 35.5. The highest BCUT2D eigenvalue weighted by Crippen LogP contribution is 2.12. The predicted octanol–water partition coefficient (Wildman–Crippen LogP) is 1.83. The molecule has 0 aromatic carbocycles. The van der Waals surface area contributed by atoms with Crippen molar-refractivity contribution in [2.45, 2.75) is 6.92 Å². The lowest BCUT2D eigenvalue weighted by Gasteiger charge is -1.92. The quantitative estimate of drug-likeness (QED) is 0.449. The number of rotatable bonds is 2. The van der Waals surface area contributed by atoms with E-state index in [0.29, 0.717) is 0 Å². The van der Waals surface area contributed by atoms with Gasteiger partial charge < -0.3 is 4.74 Å². The fourth-order valence-corrected chi connectivity index (χ4v) is 0.206. The van der Waals surface area contributed by atoms with Gasteiger partial charge in [0.15, 0.2) is 0 Å². The van der Waals surface area contributed by atoms with E-state index in [1.54, 1.807) is 0 Å². The average Bonchev–Trinajstić information content (AvgIpc) is 1.67. The van der Waals surface area contributed by atoms with E-state index >= 15 is 0 Å². The van der Waals surface area contributed by atoms with Crippen molar-refractivity contribution < 1.29 is 9.53 Å². The summed E-state index contributed by atoms with van der Waals surface area (Å²) in [5, 5.41) is 0. The third kappa shape index (κ3) is 2.88. The Hall–Kier alpha value is -0.210. The van der Waals surface area contributed by atoms with Crippen molar-refractivity contribution in [1.29, 1.82) is 0 Å². The fourth-order valence-electron chi connectivity index (χ4n) is 0.117. The van der Waals surface area contributed by atoms with Gasteiger partial charge >= 0.3 is 0 Å². The molecule has 0 radical (unpaired) electrons. The van der Waals surface area contributed by atoms with Gasteiger partial charge in [-0.2, -0.15) is 0 Å². The maximum Gasteiger partial charge on any atom is 0.298 e. The zero-order chi connectivity index (χ0) is 6.57. The molecule has 4 heteroatoms. The van der Waals surface area contributed by atoms with Crippen LogP contribution in [0, 0.1) is 0 Å². The predicted molar refractivity (Wildman–Crippen MR) is 31.6 cm³/mol. The first-order valence-electron chi connectivity index (χ1n) is 1.80. The molecule has 0 amide bonds. The summed E-state index contributed by atoms with van der Waals surface area (Å²) in [6, 6.07) is 0. The second kappa shape index (κ2) is 3.75. The first kappa shape index (κ1) is 7.79. The largest absolute Gasteiger partial charge is 0.431 e. The van der Waals surface area contributed by atoms with Crippen LogP contribution in [0.1, 0.15) is 6.92 Å². The normalized spacial score (nSPS) is 7.88. The number of carbonyl (C=O) groups is 1. The molecule has 0 aliphatic carbocycles. The maximum absolute atomic E-state index is 9.55. The molecule has 0 N–H and O–H groups in total. The van der Waals surface area contributed by atoms with Gasteiger partial charge in [0, 0.05) is 0 Å². The second-order valence-corrected chi connectivity index (χ2v) is 1.98. The van der Waals surface area contributed by atoms with E-state index in [9.17, 15) is 4.79 Å². The fraction of sp³-hybridized carbons (Fsp3) is 0.250. The molecule has 0 aliphatic heterocycles. The minimum Gasteiger partial charge on any atom is -0.431 e. The lowest BCUT2D eigenvalue weighted by molar-refractivity contribution is -0.124. The molecular weight excluding hydrogens is 151 g/mol. The van der Waals surface area contributed by atoms with Gasteiger partial charge in [-0.15, -0.1) is 0 Å². The number of hydrogen-bond acceptors (Lipinski definition) is 2. The van der Waals surface area contributed by atoms with E-state index < -0.39 is 0 Å². The summed E-state index contributed by atoms with van der Waals surface area (Å²) in [6.45, 7) is 1.75. The Morgan fingerprint density at radius 3 is 2.25 bits per heavy atom. The number of carbonyl (C=O) groups excluding carboxylic acids is 1. The Kier molecular flexibility index (Phi) is 3.65. The van der Waals surface area contributed by atoms with Crippen LogP contribution in [-0.2, 0) is 9.53 Å². The Balaban J connectivity index is 3.79. The topological polar surface area (TPSA) is 26.3 Å². The highest BCUT2D eigenvalue weighted by molar-refractivity contribution is 6.56. The van der Waals surface area contributed by atoms with E-state index in [-0.39, 0.29) is 16.7 Å². The van der Waals surface area contributed by atoms with Crippen LogP contribution in [0.3, 0.4) is 0 Å². The second-order valence-electron chi connectivity index (χ2n) is 1.03. The van der Waals surface area contributed by atoms with E-state index in [2.05, 4.69) is 4.74 Å². The summed E-state index contributed by atoms with van der Waals surface area (Å²) in [5.74, 6) is 0.211. The molecule has 0 unspecified atom stereocenters. The van der Waals surface area contributed by atoms with Crippen molar-refractivity contribution in [2.75, 3.05) is 0 Å². The zero-order valence-corrected chi connectivity index (χ0v) is 5.66. The number of allylic oxidation sites excluding steroid dienone is 1. The molecule has 0 aromatic rings. The van der Waals surface area contributed by atoms with Crippen LogP contribution in [0.4, 0.5) is 0 Å². The average molecular weight is 155 g/mol. The first-order chi connectivity index (χ1) is 3.68. The summed E-state index contributed by atoms with van der Waals surface area (Å²) in [5.41, 5.74) is 0. The third-order valence-electron chi connectivity index (χ3n) is 0.491. The molecule has 0 fully saturated rings. The Morgan fingerprint density at radius 2 is 2.12 bits per heavy atom. The molecule has 0 bridgehead atoms. The van der Waals surface area contributed by atoms with Gasteiger partial charge in [0.25, 0.3) is 6.47 Å². The van der Waals surface area contributed by atoms with Crippen LogP contribution in [0.2, 0.25) is 0 Å². The lowest BCUT2D eigenvalue weighted by atomic mass is 10.7. The molecule has 0 spiro atoms. The molecule has 0 aliphatic rings.